The van der Waals surface area contributed by atoms with Crippen molar-refractivity contribution in [3.8, 4) is 11.3 Å². The quantitative estimate of drug-likeness (QED) is 0.761. The second-order valence-corrected chi connectivity index (χ2v) is 3.60. The van der Waals surface area contributed by atoms with Crippen LogP contribution < -0.4 is 0 Å². The summed E-state index contributed by atoms with van der Waals surface area (Å²) in [6.07, 6.45) is -3.13. The average Bonchev–Trinajstić information content (AvgIpc) is 2.76. The van der Waals surface area contributed by atoms with Gasteiger partial charge in [0, 0.05) is 5.56 Å². The summed E-state index contributed by atoms with van der Waals surface area (Å²) >= 11 is 5.62. The van der Waals surface area contributed by atoms with Crippen LogP contribution in [0.4, 0.5) is 13.2 Å². The Kier molecular flexibility index (Phi) is 3.11. The molecule has 0 saturated heterocycles. The van der Waals surface area contributed by atoms with Crippen LogP contribution in [0, 0.1) is 0 Å². The Balaban J connectivity index is 2.36. The molecule has 0 aliphatic heterocycles. The van der Waals surface area contributed by atoms with Gasteiger partial charge in [-0.15, -0.1) is 11.6 Å². The van der Waals surface area contributed by atoms with E-state index in [1.165, 1.54) is 18.5 Å². The molecule has 0 fully saturated rings. The third kappa shape index (κ3) is 2.44. The molecule has 0 saturated carbocycles. The van der Waals surface area contributed by atoms with Crippen LogP contribution in [0.25, 0.3) is 11.3 Å². The summed E-state index contributed by atoms with van der Waals surface area (Å²) in [7, 11) is 0. The summed E-state index contributed by atoms with van der Waals surface area (Å²) in [5, 5.41) is 0. The van der Waals surface area contributed by atoms with Gasteiger partial charge in [-0.25, -0.2) is 4.98 Å². The highest BCUT2D eigenvalue weighted by molar-refractivity contribution is 6.17. The van der Waals surface area contributed by atoms with Crippen molar-refractivity contribution in [3.05, 3.63) is 41.9 Å². The van der Waals surface area contributed by atoms with E-state index in [4.69, 9.17) is 16.0 Å². The number of alkyl halides is 4. The lowest BCUT2D eigenvalue weighted by atomic mass is 10.1. The standard InChI is InChI=1S/C11H7ClF3NO/c12-5-9-10(17-6-16-9)7-1-3-8(4-2-7)11(13,14)15/h1-4,6H,5H2. The predicted molar refractivity (Wildman–Crippen MR) is 56.5 cm³/mol. The van der Waals surface area contributed by atoms with Gasteiger partial charge in [-0.2, -0.15) is 13.2 Å². The molecule has 2 nitrogen and oxygen atoms in total. The van der Waals surface area contributed by atoms with E-state index in [0.717, 1.165) is 12.1 Å². The summed E-state index contributed by atoms with van der Waals surface area (Å²) in [5.41, 5.74) is 0.325. The first-order valence-electron chi connectivity index (χ1n) is 4.68. The topological polar surface area (TPSA) is 26.0 Å². The van der Waals surface area contributed by atoms with E-state index in [9.17, 15) is 13.2 Å². The van der Waals surface area contributed by atoms with Gasteiger partial charge in [-0.1, -0.05) is 12.1 Å². The van der Waals surface area contributed by atoms with Gasteiger partial charge in [0.2, 0.25) is 0 Å². The molecule has 2 rings (SSSR count). The summed E-state index contributed by atoms with van der Waals surface area (Å²) in [4.78, 5) is 3.86. The van der Waals surface area contributed by atoms with Gasteiger partial charge in [-0.3, -0.25) is 0 Å². The second-order valence-electron chi connectivity index (χ2n) is 3.34. The van der Waals surface area contributed by atoms with Crippen molar-refractivity contribution >= 4 is 11.6 Å². The van der Waals surface area contributed by atoms with Gasteiger partial charge >= 0.3 is 6.18 Å². The fourth-order valence-electron chi connectivity index (χ4n) is 1.41. The lowest BCUT2D eigenvalue weighted by molar-refractivity contribution is -0.137. The Bertz CT molecular complexity index is 504. The minimum absolute atomic E-state index is 0.146. The number of nitrogens with zero attached hydrogens (tertiary/aromatic N) is 1. The molecule has 17 heavy (non-hydrogen) atoms. The van der Waals surface area contributed by atoms with Crippen LogP contribution >= 0.6 is 11.6 Å². The third-order valence-electron chi connectivity index (χ3n) is 2.24. The first-order chi connectivity index (χ1) is 8.02. The zero-order valence-corrected chi connectivity index (χ0v) is 9.22. The monoisotopic (exact) mass is 261 g/mol. The minimum atomic E-state index is -4.34. The van der Waals surface area contributed by atoms with Crippen LogP contribution in [0.3, 0.4) is 0 Å². The number of rotatable bonds is 2. The maximum absolute atomic E-state index is 12.4. The molecule has 1 aromatic heterocycles. The summed E-state index contributed by atoms with van der Waals surface area (Å²) in [6, 6.07) is 4.66. The Labute approximate surface area is 100 Å². The summed E-state index contributed by atoms with van der Waals surface area (Å²) < 4.78 is 42.1. The van der Waals surface area contributed by atoms with Gasteiger partial charge in [-0.05, 0) is 12.1 Å². The predicted octanol–water partition coefficient (Wildman–Crippen LogP) is 4.10. The van der Waals surface area contributed by atoms with Crippen molar-refractivity contribution in [1.82, 2.24) is 4.98 Å². The lowest BCUT2D eigenvalue weighted by Gasteiger charge is -2.06. The van der Waals surface area contributed by atoms with Crippen molar-refractivity contribution in [2.75, 3.05) is 0 Å². The molecule has 6 heteroatoms. The number of oxazole rings is 1. The molecular formula is C11H7ClF3NO. The number of hydrogen-bond donors (Lipinski definition) is 0. The largest absolute Gasteiger partial charge is 0.443 e. The maximum Gasteiger partial charge on any atom is 0.416 e. The number of halogens is 4. The van der Waals surface area contributed by atoms with Crippen molar-refractivity contribution < 1.29 is 17.6 Å². The Morgan fingerprint density at radius 1 is 1.18 bits per heavy atom. The Morgan fingerprint density at radius 3 is 2.35 bits per heavy atom. The average molecular weight is 262 g/mol. The molecule has 90 valence electrons. The molecule has 0 radical (unpaired) electrons. The Hall–Kier alpha value is -1.49. The summed E-state index contributed by atoms with van der Waals surface area (Å²) in [6.45, 7) is 0. The van der Waals surface area contributed by atoms with E-state index >= 15 is 0 Å². The summed E-state index contributed by atoms with van der Waals surface area (Å²) in [5.74, 6) is 0.543. The fourth-order valence-corrected chi connectivity index (χ4v) is 1.60. The SMILES string of the molecule is FC(F)(F)c1ccc(-c2ocnc2CCl)cc1. The maximum atomic E-state index is 12.4. The Morgan fingerprint density at radius 2 is 1.82 bits per heavy atom. The smallest absolute Gasteiger partial charge is 0.416 e. The molecule has 2 aromatic rings. The van der Waals surface area contributed by atoms with Gasteiger partial charge in [0.05, 0.1) is 11.4 Å². The lowest BCUT2D eigenvalue weighted by Crippen LogP contribution is -2.04. The highest BCUT2D eigenvalue weighted by Crippen LogP contribution is 2.31. The molecule has 0 aliphatic carbocycles. The minimum Gasteiger partial charge on any atom is -0.443 e. The van der Waals surface area contributed by atoms with Gasteiger partial charge < -0.3 is 4.42 Å². The van der Waals surface area contributed by atoms with E-state index in [1.807, 2.05) is 0 Å². The molecule has 0 spiro atoms. The van der Waals surface area contributed by atoms with Crippen molar-refractivity contribution in [3.63, 3.8) is 0 Å². The molecule has 1 heterocycles. The highest BCUT2D eigenvalue weighted by Gasteiger charge is 2.30. The van der Waals surface area contributed by atoms with Gasteiger partial charge in [0.15, 0.2) is 12.2 Å². The molecule has 0 bridgehead atoms. The van der Waals surface area contributed by atoms with Gasteiger partial charge in [0.25, 0.3) is 0 Å². The first-order valence-corrected chi connectivity index (χ1v) is 5.22. The van der Waals surface area contributed by atoms with Crippen LogP contribution in [0.2, 0.25) is 0 Å². The van der Waals surface area contributed by atoms with Gasteiger partial charge in [0.1, 0.15) is 5.69 Å². The second kappa shape index (κ2) is 4.41. The van der Waals surface area contributed by atoms with E-state index in [-0.39, 0.29) is 5.88 Å². The number of aromatic nitrogens is 1. The number of hydrogen-bond acceptors (Lipinski definition) is 2. The molecule has 0 N–H and O–H groups in total. The third-order valence-corrected chi connectivity index (χ3v) is 2.50. The highest BCUT2D eigenvalue weighted by atomic mass is 35.5. The van der Waals surface area contributed by atoms with E-state index in [0.29, 0.717) is 17.0 Å². The fraction of sp³-hybridized carbons (Fsp3) is 0.182. The normalized spacial score (nSPS) is 11.8. The van der Waals surface area contributed by atoms with Crippen molar-refractivity contribution in [1.29, 1.82) is 0 Å². The molecule has 0 atom stereocenters. The van der Waals surface area contributed by atoms with Crippen molar-refractivity contribution in [2.24, 2.45) is 0 Å². The van der Waals surface area contributed by atoms with E-state index in [2.05, 4.69) is 4.98 Å². The van der Waals surface area contributed by atoms with E-state index in [1.54, 1.807) is 0 Å². The molecule has 0 amide bonds. The molecule has 0 aliphatic rings. The molecule has 0 unspecified atom stereocenters. The zero-order valence-electron chi connectivity index (χ0n) is 8.46. The molecular weight excluding hydrogens is 255 g/mol. The molecule has 1 aromatic carbocycles. The van der Waals surface area contributed by atoms with Crippen LogP contribution in [0.5, 0.6) is 0 Å². The van der Waals surface area contributed by atoms with Crippen LogP contribution in [0.15, 0.2) is 35.1 Å². The zero-order chi connectivity index (χ0) is 12.5. The number of benzene rings is 1. The van der Waals surface area contributed by atoms with Crippen LogP contribution in [-0.4, -0.2) is 4.98 Å². The van der Waals surface area contributed by atoms with Crippen molar-refractivity contribution in [2.45, 2.75) is 12.1 Å². The van der Waals surface area contributed by atoms with E-state index < -0.39 is 11.7 Å². The van der Waals surface area contributed by atoms with Crippen LogP contribution in [-0.2, 0) is 12.1 Å². The van der Waals surface area contributed by atoms with Crippen LogP contribution in [0.1, 0.15) is 11.3 Å². The first kappa shape index (κ1) is 12.0.